The number of hydrogen-bond acceptors (Lipinski definition) is 5. The van der Waals surface area contributed by atoms with Gasteiger partial charge >= 0.3 is 0 Å². The first-order chi connectivity index (χ1) is 18.1. The molecule has 0 unspecified atom stereocenters. The van der Waals surface area contributed by atoms with Gasteiger partial charge < -0.3 is 26.2 Å². The van der Waals surface area contributed by atoms with E-state index >= 15 is 0 Å². The molecule has 3 aromatic rings. The van der Waals surface area contributed by atoms with Gasteiger partial charge in [0, 0.05) is 17.5 Å². The molecular formula is C31H39N3O4. The first-order valence-electron chi connectivity index (χ1n) is 12.9. The van der Waals surface area contributed by atoms with E-state index in [4.69, 9.17) is 10.5 Å². The molecule has 5 N–H and O–H groups in total. The van der Waals surface area contributed by atoms with Crippen LogP contribution in [0.2, 0.25) is 0 Å². The molecular weight excluding hydrogens is 478 g/mol. The maximum absolute atomic E-state index is 13.0. The molecule has 3 atom stereocenters. The van der Waals surface area contributed by atoms with Crippen LogP contribution in [0.3, 0.4) is 0 Å². The fourth-order valence-corrected chi connectivity index (χ4v) is 4.09. The van der Waals surface area contributed by atoms with Crippen molar-refractivity contribution in [2.75, 3.05) is 6.61 Å². The number of aliphatic hydroxyl groups is 1. The number of nitrogens with one attached hydrogen (secondary N) is 2. The first-order valence-corrected chi connectivity index (χ1v) is 12.9. The molecule has 0 bridgehead atoms. The van der Waals surface area contributed by atoms with E-state index in [1.165, 1.54) is 0 Å². The van der Waals surface area contributed by atoms with Crippen molar-refractivity contribution in [2.45, 2.75) is 63.9 Å². The highest BCUT2D eigenvalue weighted by molar-refractivity contribution is 5.96. The SMILES string of the molecule is CC(C)(C)NC(=O)c1ccccc1C[C@@H](O)[C@H](Cc1ccccc1)NC(=O)[C@H](N)COCc1ccccc1. The van der Waals surface area contributed by atoms with Gasteiger partial charge in [-0.05, 0) is 49.9 Å². The van der Waals surface area contributed by atoms with Gasteiger partial charge in [-0.15, -0.1) is 0 Å². The highest BCUT2D eigenvalue weighted by Crippen LogP contribution is 2.16. The van der Waals surface area contributed by atoms with Crippen molar-refractivity contribution >= 4 is 11.8 Å². The smallest absolute Gasteiger partial charge is 0.251 e. The van der Waals surface area contributed by atoms with Crippen LogP contribution in [0.25, 0.3) is 0 Å². The predicted molar refractivity (Wildman–Crippen MR) is 150 cm³/mol. The summed E-state index contributed by atoms with van der Waals surface area (Å²) < 4.78 is 5.65. The fourth-order valence-electron chi connectivity index (χ4n) is 4.09. The van der Waals surface area contributed by atoms with Crippen LogP contribution in [0.15, 0.2) is 84.9 Å². The minimum absolute atomic E-state index is 0.0463. The first kappa shape index (κ1) is 29.0. The van der Waals surface area contributed by atoms with Gasteiger partial charge in [-0.2, -0.15) is 0 Å². The summed E-state index contributed by atoms with van der Waals surface area (Å²) in [4.78, 5) is 25.9. The average Bonchev–Trinajstić information content (AvgIpc) is 2.88. The lowest BCUT2D eigenvalue weighted by atomic mass is 9.93. The van der Waals surface area contributed by atoms with Crippen molar-refractivity contribution in [3.8, 4) is 0 Å². The van der Waals surface area contributed by atoms with E-state index in [1.807, 2.05) is 93.6 Å². The molecule has 0 aromatic heterocycles. The van der Waals surface area contributed by atoms with Gasteiger partial charge in [0.1, 0.15) is 6.04 Å². The van der Waals surface area contributed by atoms with Gasteiger partial charge in [-0.25, -0.2) is 0 Å². The Kier molecular flexibility index (Phi) is 10.6. The molecule has 0 saturated heterocycles. The Morgan fingerprint density at radius 1 is 0.868 bits per heavy atom. The van der Waals surface area contributed by atoms with E-state index in [0.29, 0.717) is 24.2 Å². The van der Waals surface area contributed by atoms with Crippen LogP contribution >= 0.6 is 0 Å². The van der Waals surface area contributed by atoms with Gasteiger partial charge in [0.05, 0.1) is 25.4 Å². The minimum Gasteiger partial charge on any atom is -0.391 e. The Balaban J connectivity index is 1.69. The molecule has 0 radical (unpaired) electrons. The van der Waals surface area contributed by atoms with Crippen LogP contribution in [0.1, 0.15) is 47.8 Å². The lowest BCUT2D eigenvalue weighted by Crippen LogP contribution is -2.52. The highest BCUT2D eigenvalue weighted by atomic mass is 16.5. The molecule has 7 nitrogen and oxygen atoms in total. The second-order valence-corrected chi connectivity index (χ2v) is 10.5. The molecule has 3 aromatic carbocycles. The summed E-state index contributed by atoms with van der Waals surface area (Å²) in [6, 6.07) is 25.0. The van der Waals surface area contributed by atoms with Gasteiger partial charge in [-0.1, -0.05) is 78.9 Å². The monoisotopic (exact) mass is 517 g/mol. The number of benzene rings is 3. The summed E-state index contributed by atoms with van der Waals surface area (Å²) in [5.74, 6) is -0.613. The summed E-state index contributed by atoms with van der Waals surface area (Å²) in [6.07, 6.45) is -0.368. The minimum atomic E-state index is -0.958. The molecule has 0 spiro atoms. The van der Waals surface area contributed by atoms with Crippen LogP contribution < -0.4 is 16.4 Å². The zero-order chi connectivity index (χ0) is 27.5. The topological polar surface area (TPSA) is 114 Å². The van der Waals surface area contributed by atoms with Gasteiger partial charge in [0.2, 0.25) is 5.91 Å². The van der Waals surface area contributed by atoms with Crippen LogP contribution in [0.4, 0.5) is 0 Å². The zero-order valence-electron chi connectivity index (χ0n) is 22.4. The fraction of sp³-hybridized carbons (Fsp3) is 0.355. The third kappa shape index (κ3) is 9.41. The van der Waals surface area contributed by atoms with Crippen LogP contribution in [-0.4, -0.2) is 47.3 Å². The van der Waals surface area contributed by atoms with E-state index in [-0.39, 0.29) is 18.9 Å². The van der Waals surface area contributed by atoms with E-state index < -0.39 is 29.6 Å². The molecule has 0 fully saturated rings. The van der Waals surface area contributed by atoms with Crippen molar-refractivity contribution in [3.05, 3.63) is 107 Å². The van der Waals surface area contributed by atoms with E-state index in [0.717, 1.165) is 11.1 Å². The third-order valence-electron chi connectivity index (χ3n) is 6.02. The van der Waals surface area contributed by atoms with E-state index in [1.54, 1.807) is 12.1 Å². The number of ether oxygens (including phenoxy) is 1. The Bertz CT molecular complexity index is 1160. The van der Waals surface area contributed by atoms with Gasteiger partial charge in [-0.3, -0.25) is 9.59 Å². The summed E-state index contributed by atoms with van der Waals surface area (Å²) in [5.41, 5.74) is 8.88. The molecule has 0 aliphatic rings. The number of carbonyl (C=O) groups excluding carboxylic acids is 2. The second kappa shape index (κ2) is 13.9. The summed E-state index contributed by atoms with van der Waals surface area (Å²) >= 11 is 0. The quantitative estimate of drug-likeness (QED) is 0.294. The number of rotatable bonds is 12. The maximum atomic E-state index is 13.0. The Hall–Kier alpha value is -3.52. The van der Waals surface area contributed by atoms with E-state index in [9.17, 15) is 14.7 Å². The largest absolute Gasteiger partial charge is 0.391 e. The zero-order valence-corrected chi connectivity index (χ0v) is 22.4. The molecule has 0 heterocycles. The van der Waals surface area contributed by atoms with Crippen molar-refractivity contribution < 1.29 is 19.4 Å². The molecule has 2 amide bonds. The molecule has 0 aliphatic carbocycles. The number of aliphatic hydroxyl groups excluding tert-OH is 1. The third-order valence-corrected chi connectivity index (χ3v) is 6.02. The Morgan fingerprint density at radius 2 is 1.45 bits per heavy atom. The standard InChI is InChI=1S/C31H39N3O4/c1-31(2,3)34-29(36)25-17-11-10-16-24(25)19-28(35)27(18-22-12-6-4-7-13-22)33-30(37)26(32)21-38-20-23-14-8-5-9-15-23/h4-17,26-28,35H,18-21,32H2,1-3H3,(H,33,37)(H,34,36)/t26-,27+,28-/m1/s1. The van der Waals surface area contributed by atoms with Crippen LogP contribution in [0, 0.1) is 0 Å². The number of carbonyl (C=O) groups is 2. The van der Waals surface area contributed by atoms with Gasteiger partial charge in [0.15, 0.2) is 0 Å². The lowest BCUT2D eigenvalue weighted by Gasteiger charge is -2.27. The van der Waals surface area contributed by atoms with Gasteiger partial charge in [0.25, 0.3) is 5.91 Å². The van der Waals surface area contributed by atoms with Crippen LogP contribution in [-0.2, 0) is 29.0 Å². The predicted octanol–water partition coefficient (Wildman–Crippen LogP) is 3.39. The summed E-state index contributed by atoms with van der Waals surface area (Å²) in [6.45, 7) is 6.15. The maximum Gasteiger partial charge on any atom is 0.251 e. The molecule has 0 saturated carbocycles. The lowest BCUT2D eigenvalue weighted by molar-refractivity contribution is -0.125. The molecule has 3 rings (SSSR count). The average molecular weight is 518 g/mol. The van der Waals surface area contributed by atoms with Crippen LogP contribution in [0.5, 0.6) is 0 Å². The van der Waals surface area contributed by atoms with Crippen molar-refractivity contribution in [1.82, 2.24) is 10.6 Å². The van der Waals surface area contributed by atoms with Crippen molar-refractivity contribution in [3.63, 3.8) is 0 Å². The second-order valence-electron chi connectivity index (χ2n) is 10.5. The summed E-state index contributed by atoms with van der Waals surface area (Å²) in [5, 5.41) is 17.2. The molecule has 202 valence electrons. The van der Waals surface area contributed by atoms with Crippen molar-refractivity contribution in [1.29, 1.82) is 0 Å². The number of nitrogens with two attached hydrogens (primary N) is 1. The summed E-state index contributed by atoms with van der Waals surface area (Å²) in [7, 11) is 0. The van der Waals surface area contributed by atoms with Crippen molar-refractivity contribution in [2.24, 2.45) is 5.73 Å². The Labute approximate surface area is 225 Å². The molecule has 7 heteroatoms. The molecule has 0 aliphatic heterocycles. The molecule has 38 heavy (non-hydrogen) atoms. The van der Waals surface area contributed by atoms with E-state index in [2.05, 4.69) is 10.6 Å². The highest BCUT2D eigenvalue weighted by Gasteiger charge is 2.27. The number of hydrogen-bond donors (Lipinski definition) is 4. The normalized spacial score (nSPS) is 13.8. The Morgan fingerprint density at radius 3 is 2.08 bits per heavy atom. The number of amides is 2.